The Morgan fingerprint density at radius 2 is 2.13 bits per heavy atom. The van der Waals surface area contributed by atoms with Crippen LogP contribution in [0, 0.1) is 16.7 Å². The molecule has 2 rings (SSSR count). The molecule has 1 fully saturated rings. The summed E-state index contributed by atoms with van der Waals surface area (Å²) in [5, 5.41) is 11.4. The van der Waals surface area contributed by atoms with E-state index in [4.69, 9.17) is 0 Å². The van der Waals surface area contributed by atoms with Crippen LogP contribution in [-0.4, -0.2) is 0 Å². The van der Waals surface area contributed by atoms with E-state index in [9.17, 15) is 5.26 Å². The molecule has 1 aliphatic rings. The van der Waals surface area contributed by atoms with Crippen molar-refractivity contribution < 1.29 is 0 Å². The summed E-state index contributed by atoms with van der Waals surface area (Å²) in [4.78, 5) is 1.43. The van der Waals surface area contributed by atoms with Gasteiger partial charge in [0.15, 0.2) is 0 Å². The fourth-order valence-corrected chi connectivity index (χ4v) is 3.17. The minimum absolute atomic E-state index is 0.00222. The van der Waals surface area contributed by atoms with Gasteiger partial charge in [-0.15, -0.1) is 11.3 Å². The Morgan fingerprint density at radius 3 is 2.73 bits per heavy atom. The lowest BCUT2D eigenvalue weighted by Gasteiger charge is -2.30. The molecule has 80 valence electrons. The second-order valence-corrected chi connectivity index (χ2v) is 5.56. The zero-order valence-electron chi connectivity index (χ0n) is 9.04. The molecule has 0 bridgehead atoms. The summed E-state index contributed by atoms with van der Waals surface area (Å²) in [6.45, 7) is 0. The van der Waals surface area contributed by atoms with E-state index in [1.54, 1.807) is 0 Å². The highest BCUT2D eigenvalue weighted by Crippen LogP contribution is 2.39. The van der Waals surface area contributed by atoms with E-state index in [-0.39, 0.29) is 5.41 Å². The van der Waals surface area contributed by atoms with Gasteiger partial charge in [0.25, 0.3) is 0 Å². The van der Waals surface area contributed by atoms with Gasteiger partial charge in [0, 0.05) is 4.88 Å². The molecule has 0 radical (unpaired) electrons. The van der Waals surface area contributed by atoms with Crippen LogP contribution in [0.2, 0.25) is 0 Å². The molecular formula is C13H17NS. The molecule has 0 atom stereocenters. The maximum Gasteiger partial charge on any atom is 0.0689 e. The third-order valence-electron chi connectivity index (χ3n) is 3.48. The molecule has 1 aromatic heterocycles. The fraction of sp³-hybridized carbons (Fsp3) is 0.615. The van der Waals surface area contributed by atoms with Gasteiger partial charge in [-0.3, -0.25) is 0 Å². The van der Waals surface area contributed by atoms with Crippen molar-refractivity contribution in [3.05, 3.63) is 22.4 Å². The first kappa shape index (κ1) is 10.7. The summed E-state index contributed by atoms with van der Waals surface area (Å²) in [5.74, 6) is 0. The van der Waals surface area contributed by atoms with Crippen LogP contribution in [-0.2, 0) is 6.42 Å². The highest BCUT2D eigenvalue weighted by molar-refractivity contribution is 7.09. The number of nitrogens with zero attached hydrogens (tertiary/aromatic N) is 1. The molecule has 0 unspecified atom stereocenters. The van der Waals surface area contributed by atoms with Gasteiger partial charge >= 0.3 is 0 Å². The van der Waals surface area contributed by atoms with Crippen molar-refractivity contribution in [1.82, 2.24) is 0 Å². The lowest BCUT2D eigenvalue weighted by atomic mass is 9.72. The smallest absolute Gasteiger partial charge is 0.0689 e. The lowest BCUT2D eigenvalue weighted by Crippen LogP contribution is -2.22. The molecular weight excluding hydrogens is 202 g/mol. The summed E-state index contributed by atoms with van der Waals surface area (Å²) in [7, 11) is 0. The molecule has 15 heavy (non-hydrogen) atoms. The first-order valence-electron chi connectivity index (χ1n) is 5.78. The largest absolute Gasteiger partial charge is 0.198 e. The molecule has 1 aromatic rings. The Morgan fingerprint density at radius 1 is 1.33 bits per heavy atom. The monoisotopic (exact) mass is 219 g/mol. The number of aryl methyl sites for hydroxylation is 1. The SMILES string of the molecule is N#CC1(CCc2cccs2)CCCCC1. The van der Waals surface area contributed by atoms with Crippen molar-refractivity contribution in [2.75, 3.05) is 0 Å². The summed E-state index contributed by atoms with van der Waals surface area (Å²) >= 11 is 1.81. The molecule has 0 aromatic carbocycles. The van der Waals surface area contributed by atoms with E-state index in [0.29, 0.717) is 0 Å². The Hall–Kier alpha value is -0.810. The predicted molar refractivity (Wildman–Crippen MR) is 63.8 cm³/mol. The number of hydrogen-bond acceptors (Lipinski definition) is 2. The average molecular weight is 219 g/mol. The van der Waals surface area contributed by atoms with Crippen molar-refractivity contribution in [2.24, 2.45) is 5.41 Å². The minimum Gasteiger partial charge on any atom is -0.198 e. The molecule has 0 aliphatic heterocycles. The summed E-state index contributed by atoms with van der Waals surface area (Å²) < 4.78 is 0. The van der Waals surface area contributed by atoms with E-state index < -0.39 is 0 Å². The van der Waals surface area contributed by atoms with E-state index in [1.165, 1.54) is 24.1 Å². The Balaban J connectivity index is 1.93. The van der Waals surface area contributed by atoms with Gasteiger partial charge in [-0.25, -0.2) is 0 Å². The van der Waals surface area contributed by atoms with Crippen molar-refractivity contribution in [2.45, 2.75) is 44.9 Å². The molecule has 0 spiro atoms. The highest BCUT2D eigenvalue weighted by Gasteiger charge is 2.31. The zero-order chi connectivity index (χ0) is 10.6. The first-order valence-corrected chi connectivity index (χ1v) is 6.66. The van der Waals surface area contributed by atoms with E-state index >= 15 is 0 Å². The van der Waals surface area contributed by atoms with Crippen LogP contribution in [0.15, 0.2) is 17.5 Å². The fourth-order valence-electron chi connectivity index (χ4n) is 2.46. The lowest BCUT2D eigenvalue weighted by molar-refractivity contribution is 0.250. The van der Waals surface area contributed by atoms with Crippen LogP contribution >= 0.6 is 11.3 Å². The predicted octanol–water partition coefficient (Wildman–Crippen LogP) is 4.15. The molecule has 0 N–H and O–H groups in total. The van der Waals surface area contributed by atoms with E-state index in [2.05, 4.69) is 23.6 Å². The maximum absolute atomic E-state index is 9.32. The van der Waals surface area contributed by atoms with Gasteiger partial charge in [-0.1, -0.05) is 25.3 Å². The highest BCUT2D eigenvalue weighted by atomic mass is 32.1. The molecule has 2 heteroatoms. The number of nitriles is 1. The van der Waals surface area contributed by atoms with Crippen molar-refractivity contribution >= 4 is 11.3 Å². The molecule has 1 saturated carbocycles. The van der Waals surface area contributed by atoms with Crippen molar-refractivity contribution in [1.29, 1.82) is 5.26 Å². The third-order valence-corrected chi connectivity index (χ3v) is 4.41. The van der Waals surface area contributed by atoms with Gasteiger partial charge in [-0.05, 0) is 37.1 Å². The van der Waals surface area contributed by atoms with Crippen LogP contribution in [0.5, 0.6) is 0 Å². The van der Waals surface area contributed by atoms with Gasteiger partial charge in [0.05, 0.1) is 11.5 Å². The number of thiophene rings is 1. The molecule has 0 saturated heterocycles. The Bertz CT molecular complexity index is 328. The van der Waals surface area contributed by atoms with Crippen molar-refractivity contribution in [3.63, 3.8) is 0 Å². The number of hydrogen-bond donors (Lipinski definition) is 0. The Kier molecular flexibility index (Phi) is 3.43. The zero-order valence-corrected chi connectivity index (χ0v) is 9.85. The summed E-state index contributed by atoms with van der Waals surface area (Å²) in [5.41, 5.74) is 0.00222. The molecule has 0 amide bonds. The average Bonchev–Trinajstić information content (AvgIpc) is 2.81. The molecule has 1 aliphatic carbocycles. The topological polar surface area (TPSA) is 23.8 Å². The Labute approximate surface area is 95.7 Å². The normalized spacial score (nSPS) is 19.7. The van der Waals surface area contributed by atoms with Crippen LogP contribution in [0.3, 0.4) is 0 Å². The van der Waals surface area contributed by atoms with Crippen LogP contribution in [0.1, 0.15) is 43.4 Å². The van der Waals surface area contributed by atoms with E-state index in [0.717, 1.165) is 25.7 Å². The maximum atomic E-state index is 9.32. The van der Waals surface area contributed by atoms with Gasteiger partial charge in [0.1, 0.15) is 0 Å². The standard InChI is InChI=1S/C13H17NS/c14-11-13(7-2-1-3-8-13)9-6-12-5-4-10-15-12/h4-5,10H,1-3,6-9H2. The molecule has 1 heterocycles. The van der Waals surface area contributed by atoms with Gasteiger partial charge in [0.2, 0.25) is 0 Å². The third kappa shape index (κ3) is 2.60. The van der Waals surface area contributed by atoms with Gasteiger partial charge < -0.3 is 0 Å². The summed E-state index contributed by atoms with van der Waals surface area (Å²) in [6.07, 6.45) is 8.21. The molecule has 1 nitrogen and oxygen atoms in total. The van der Waals surface area contributed by atoms with Gasteiger partial charge in [-0.2, -0.15) is 5.26 Å². The number of rotatable bonds is 3. The van der Waals surface area contributed by atoms with Crippen molar-refractivity contribution in [3.8, 4) is 6.07 Å². The van der Waals surface area contributed by atoms with E-state index in [1.807, 2.05) is 11.3 Å². The quantitative estimate of drug-likeness (QED) is 0.749. The first-order chi connectivity index (χ1) is 7.35. The van der Waals surface area contributed by atoms with Crippen LogP contribution in [0.25, 0.3) is 0 Å². The second-order valence-electron chi connectivity index (χ2n) is 4.53. The van der Waals surface area contributed by atoms with Crippen LogP contribution in [0.4, 0.5) is 0 Å². The van der Waals surface area contributed by atoms with Crippen LogP contribution < -0.4 is 0 Å². The second kappa shape index (κ2) is 4.81. The summed E-state index contributed by atoms with van der Waals surface area (Å²) in [6, 6.07) is 6.86. The minimum atomic E-state index is 0.00222.